The minimum atomic E-state index is -1.51. The SMILES string of the molecule is Cc1ccccc1Oc1cc(-n2c(=O)cc(C(=O)O)[nH]c2=O)c(F)cc1C#N. The number of carbonyl (C=O) groups is 1. The molecule has 0 amide bonds. The number of H-pyrrole nitrogens is 1. The molecule has 0 saturated carbocycles. The smallest absolute Gasteiger partial charge is 0.352 e. The van der Waals surface area contributed by atoms with E-state index < -0.39 is 34.4 Å². The Kier molecular flexibility index (Phi) is 4.78. The van der Waals surface area contributed by atoms with Crippen LogP contribution in [0.3, 0.4) is 0 Å². The van der Waals surface area contributed by atoms with E-state index in [-0.39, 0.29) is 11.3 Å². The highest BCUT2D eigenvalue weighted by atomic mass is 19.1. The monoisotopic (exact) mass is 381 g/mol. The van der Waals surface area contributed by atoms with Crippen LogP contribution in [-0.4, -0.2) is 20.6 Å². The average Bonchev–Trinajstić information content (AvgIpc) is 2.64. The van der Waals surface area contributed by atoms with Gasteiger partial charge >= 0.3 is 11.7 Å². The number of hydrogen-bond donors (Lipinski definition) is 2. The topological polar surface area (TPSA) is 125 Å². The number of aromatic amines is 1. The number of rotatable bonds is 4. The molecule has 0 unspecified atom stereocenters. The first kappa shape index (κ1) is 18.6. The van der Waals surface area contributed by atoms with Gasteiger partial charge in [0.25, 0.3) is 5.56 Å². The predicted molar refractivity (Wildman–Crippen MR) is 95.5 cm³/mol. The second kappa shape index (κ2) is 7.20. The largest absolute Gasteiger partial charge is 0.477 e. The Bertz CT molecular complexity index is 1220. The van der Waals surface area contributed by atoms with Gasteiger partial charge in [-0.25, -0.2) is 18.5 Å². The fraction of sp³-hybridized carbons (Fsp3) is 0.0526. The van der Waals surface area contributed by atoms with Crippen LogP contribution in [0.2, 0.25) is 0 Å². The molecule has 0 aliphatic carbocycles. The van der Waals surface area contributed by atoms with Crippen molar-refractivity contribution in [1.82, 2.24) is 9.55 Å². The van der Waals surface area contributed by atoms with Gasteiger partial charge in [0.1, 0.15) is 29.1 Å². The van der Waals surface area contributed by atoms with Crippen molar-refractivity contribution in [3.8, 4) is 23.3 Å². The first-order chi connectivity index (χ1) is 13.3. The van der Waals surface area contributed by atoms with Crippen LogP contribution in [0.25, 0.3) is 5.69 Å². The summed E-state index contributed by atoms with van der Waals surface area (Å²) in [6, 6.07) is 11.2. The third kappa shape index (κ3) is 3.39. The van der Waals surface area contributed by atoms with Gasteiger partial charge in [-0.2, -0.15) is 5.26 Å². The number of aromatic nitrogens is 2. The lowest BCUT2D eigenvalue weighted by Crippen LogP contribution is -2.35. The zero-order chi connectivity index (χ0) is 20.4. The Hall–Kier alpha value is -4.19. The number of ether oxygens (including phenoxy) is 1. The maximum atomic E-state index is 14.5. The summed E-state index contributed by atoms with van der Waals surface area (Å²) in [6.45, 7) is 1.77. The summed E-state index contributed by atoms with van der Waals surface area (Å²) in [7, 11) is 0. The number of para-hydroxylation sites is 1. The lowest BCUT2D eigenvalue weighted by molar-refractivity contribution is 0.0689. The number of nitrogens with one attached hydrogen (secondary N) is 1. The molecular weight excluding hydrogens is 369 g/mol. The molecule has 140 valence electrons. The Morgan fingerprint density at radius 1 is 1.21 bits per heavy atom. The molecule has 1 heterocycles. The number of carboxylic acid groups (broad SMARTS) is 1. The van der Waals surface area contributed by atoms with Crippen molar-refractivity contribution in [2.45, 2.75) is 6.92 Å². The number of halogens is 1. The number of aromatic carboxylic acids is 1. The second-order valence-electron chi connectivity index (χ2n) is 5.75. The number of carboxylic acids is 1. The van der Waals surface area contributed by atoms with Gasteiger partial charge in [0, 0.05) is 12.1 Å². The minimum absolute atomic E-state index is 0.0678. The molecule has 28 heavy (non-hydrogen) atoms. The van der Waals surface area contributed by atoms with E-state index in [4.69, 9.17) is 9.84 Å². The number of aryl methyl sites for hydroxylation is 1. The van der Waals surface area contributed by atoms with E-state index in [1.54, 1.807) is 37.3 Å². The van der Waals surface area contributed by atoms with Gasteiger partial charge in [-0.05, 0) is 24.6 Å². The zero-order valence-electron chi connectivity index (χ0n) is 14.4. The van der Waals surface area contributed by atoms with Crippen LogP contribution in [0, 0.1) is 24.1 Å². The summed E-state index contributed by atoms with van der Waals surface area (Å²) in [5, 5.41) is 18.2. The molecule has 0 saturated heterocycles. The third-order valence-corrected chi connectivity index (χ3v) is 3.89. The number of hydrogen-bond acceptors (Lipinski definition) is 5. The van der Waals surface area contributed by atoms with Crippen LogP contribution in [0.4, 0.5) is 4.39 Å². The van der Waals surface area contributed by atoms with Crippen LogP contribution in [0.1, 0.15) is 21.6 Å². The first-order valence-corrected chi connectivity index (χ1v) is 7.89. The molecular formula is C19H12FN3O5. The fourth-order valence-corrected chi connectivity index (χ4v) is 2.51. The van der Waals surface area contributed by atoms with E-state index in [9.17, 15) is 24.0 Å². The molecule has 0 atom stereocenters. The highest BCUT2D eigenvalue weighted by molar-refractivity contribution is 5.84. The summed E-state index contributed by atoms with van der Waals surface area (Å²) in [4.78, 5) is 37.3. The summed E-state index contributed by atoms with van der Waals surface area (Å²) in [5.41, 5.74) is -2.70. The van der Waals surface area contributed by atoms with E-state index in [1.165, 1.54) is 0 Å². The highest BCUT2D eigenvalue weighted by Crippen LogP contribution is 2.30. The molecule has 2 aromatic carbocycles. The standard InChI is InChI=1S/C19H12FN3O5/c1-10-4-2-3-5-15(10)28-16-8-14(12(20)6-11(16)9-21)23-17(24)7-13(18(25)26)22-19(23)27/h2-8H,1H3,(H,22,27)(H,25,26). The van der Waals surface area contributed by atoms with Crippen LogP contribution in [0.5, 0.6) is 11.5 Å². The number of nitrogens with zero attached hydrogens (tertiary/aromatic N) is 2. The van der Waals surface area contributed by atoms with Crippen molar-refractivity contribution in [3.05, 3.63) is 85.9 Å². The van der Waals surface area contributed by atoms with Crippen LogP contribution in [-0.2, 0) is 0 Å². The molecule has 0 fully saturated rings. The second-order valence-corrected chi connectivity index (χ2v) is 5.75. The van der Waals surface area contributed by atoms with Gasteiger partial charge in [-0.1, -0.05) is 18.2 Å². The number of nitriles is 1. The van der Waals surface area contributed by atoms with E-state index in [2.05, 4.69) is 0 Å². The van der Waals surface area contributed by atoms with E-state index in [0.29, 0.717) is 16.4 Å². The Morgan fingerprint density at radius 2 is 1.93 bits per heavy atom. The zero-order valence-corrected chi connectivity index (χ0v) is 14.4. The first-order valence-electron chi connectivity index (χ1n) is 7.89. The predicted octanol–water partition coefficient (Wildman–Crippen LogP) is 2.34. The van der Waals surface area contributed by atoms with Crippen molar-refractivity contribution in [3.63, 3.8) is 0 Å². The Morgan fingerprint density at radius 3 is 2.54 bits per heavy atom. The summed E-state index contributed by atoms with van der Waals surface area (Å²) < 4.78 is 20.6. The molecule has 1 aromatic heterocycles. The summed E-state index contributed by atoms with van der Waals surface area (Å²) in [5.74, 6) is -2.20. The van der Waals surface area contributed by atoms with Crippen molar-refractivity contribution in [2.24, 2.45) is 0 Å². The van der Waals surface area contributed by atoms with E-state index in [1.807, 2.05) is 4.98 Å². The molecule has 0 aliphatic heterocycles. The molecule has 0 aliphatic rings. The van der Waals surface area contributed by atoms with Crippen LogP contribution in [0.15, 0.2) is 52.1 Å². The Labute approximate surface area is 156 Å². The summed E-state index contributed by atoms with van der Waals surface area (Å²) >= 11 is 0. The molecule has 0 spiro atoms. The molecule has 9 heteroatoms. The average molecular weight is 381 g/mol. The van der Waals surface area contributed by atoms with E-state index >= 15 is 0 Å². The Balaban J connectivity index is 2.20. The molecule has 3 rings (SSSR count). The highest BCUT2D eigenvalue weighted by Gasteiger charge is 2.18. The minimum Gasteiger partial charge on any atom is -0.477 e. The maximum absolute atomic E-state index is 14.5. The molecule has 8 nitrogen and oxygen atoms in total. The molecule has 2 N–H and O–H groups in total. The van der Waals surface area contributed by atoms with Crippen LogP contribution < -0.4 is 16.0 Å². The van der Waals surface area contributed by atoms with Crippen molar-refractivity contribution < 1.29 is 19.0 Å². The summed E-state index contributed by atoms with van der Waals surface area (Å²) in [6.07, 6.45) is 0. The number of benzene rings is 2. The van der Waals surface area contributed by atoms with Gasteiger partial charge in [0.05, 0.1) is 11.3 Å². The molecule has 0 radical (unpaired) electrons. The fourth-order valence-electron chi connectivity index (χ4n) is 2.51. The van der Waals surface area contributed by atoms with Gasteiger partial charge < -0.3 is 14.8 Å². The molecule has 0 bridgehead atoms. The van der Waals surface area contributed by atoms with Gasteiger partial charge in [0.2, 0.25) is 0 Å². The lowest BCUT2D eigenvalue weighted by Gasteiger charge is -2.13. The van der Waals surface area contributed by atoms with Gasteiger partial charge in [-0.3, -0.25) is 4.79 Å². The van der Waals surface area contributed by atoms with Gasteiger partial charge in [-0.15, -0.1) is 0 Å². The molecule has 3 aromatic rings. The lowest BCUT2D eigenvalue weighted by atomic mass is 10.1. The van der Waals surface area contributed by atoms with Gasteiger partial charge in [0.15, 0.2) is 0 Å². The van der Waals surface area contributed by atoms with Crippen molar-refractivity contribution in [1.29, 1.82) is 5.26 Å². The van der Waals surface area contributed by atoms with Crippen molar-refractivity contribution >= 4 is 5.97 Å². The van der Waals surface area contributed by atoms with Crippen molar-refractivity contribution in [2.75, 3.05) is 0 Å². The maximum Gasteiger partial charge on any atom is 0.352 e. The van der Waals surface area contributed by atoms with E-state index in [0.717, 1.165) is 17.7 Å². The third-order valence-electron chi connectivity index (χ3n) is 3.89. The van der Waals surface area contributed by atoms with Crippen LogP contribution >= 0.6 is 0 Å². The normalized spacial score (nSPS) is 10.3. The quantitative estimate of drug-likeness (QED) is 0.714.